The quantitative estimate of drug-likeness (QED) is 0.0488. The van der Waals surface area contributed by atoms with Crippen molar-refractivity contribution >= 4 is 5.97 Å². The second-order valence-electron chi connectivity index (χ2n) is 17.0. The fourth-order valence-electron chi connectivity index (χ4n) is 9.12. The zero-order chi connectivity index (χ0) is 37.8. The summed E-state index contributed by atoms with van der Waals surface area (Å²) in [6.45, 7) is 14.6. The highest BCUT2D eigenvalue weighted by molar-refractivity contribution is 5.69. The molecule has 0 rings (SSSR count). The normalized spacial score (nSPS) is 15.4. The maximum absolute atomic E-state index is 11.8. The zero-order valence-electron chi connectivity index (χ0n) is 35.8. The second-order valence-corrected chi connectivity index (χ2v) is 17.0. The molecule has 4 atom stereocenters. The van der Waals surface area contributed by atoms with Crippen LogP contribution in [-0.2, 0) is 9.53 Å². The smallest absolute Gasteiger partial charge is 0.305 e. The van der Waals surface area contributed by atoms with Gasteiger partial charge in [-0.3, -0.25) is 4.79 Å². The summed E-state index contributed by atoms with van der Waals surface area (Å²) in [7, 11) is 0. The van der Waals surface area contributed by atoms with Gasteiger partial charge < -0.3 is 14.9 Å². The lowest BCUT2D eigenvalue weighted by atomic mass is 9.55. The number of hydrogen-bond acceptors (Lipinski definition) is 4. The van der Waals surface area contributed by atoms with E-state index in [0.717, 1.165) is 30.6 Å². The maximum Gasteiger partial charge on any atom is 0.305 e. The van der Waals surface area contributed by atoms with Crippen LogP contribution in [0.5, 0.6) is 0 Å². The Morgan fingerprint density at radius 2 is 0.804 bits per heavy atom. The van der Waals surface area contributed by atoms with Crippen LogP contribution in [0.15, 0.2) is 0 Å². The Balaban J connectivity index is 5.06. The molecular weight excluding hydrogens is 629 g/mol. The van der Waals surface area contributed by atoms with Crippen LogP contribution in [0.3, 0.4) is 0 Å². The molecule has 0 spiro atoms. The minimum atomic E-state index is -0.966. The van der Waals surface area contributed by atoms with Crippen LogP contribution in [0.25, 0.3) is 0 Å². The highest BCUT2D eigenvalue weighted by Gasteiger charge is 2.43. The van der Waals surface area contributed by atoms with E-state index in [9.17, 15) is 9.90 Å². The lowest BCUT2D eigenvalue weighted by Gasteiger charge is -2.50. The van der Waals surface area contributed by atoms with Crippen LogP contribution in [0.4, 0.5) is 0 Å². The van der Waals surface area contributed by atoms with E-state index in [1.165, 1.54) is 193 Å². The summed E-state index contributed by atoms with van der Waals surface area (Å²) in [5.74, 6) is 2.20. The molecule has 0 aliphatic carbocycles. The van der Waals surface area contributed by atoms with Gasteiger partial charge in [-0.2, -0.15) is 0 Å². The van der Waals surface area contributed by atoms with Crippen molar-refractivity contribution < 1.29 is 19.7 Å². The fourth-order valence-corrected chi connectivity index (χ4v) is 9.12. The first-order valence-corrected chi connectivity index (χ1v) is 23.2. The van der Waals surface area contributed by atoms with Crippen LogP contribution < -0.4 is 0 Å². The third-order valence-corrected chi connectivity index (χ3v) is 12.6. The lowest BCUT2D eigenvalue weighted by molar-refractivity contribution is -0.147. The summed E-state index contributed by atoms with van der Waals surface area (Å²) < 4.78 is 5.00. The summed E-state index contributed by atoms with van der Waals surface area (Å²) in [5, 5.41) is 18.1. The molecule has 0 heterocycles. The van der Waals surface area contributed by atoms with Crippen LogP contribution in [0, 0.1) is 23.2 Å². The predicted molar refractivity (Wildman–Crippen MR) is 223 cm³/mol. The molecule has 0 aliphatic rings. The average Bonchev–Trinajstić information content (AvgIpc) is 3.13. The number of carbonyl (C=O) groups excluding carboxylic acids is 1. The fraction of sp³-hybridized carbons (Fsp3) is 0.979. The number of rotatable bonds is 40. The number of esters is 1. The van der Waals surface area contributed by atoms with Gasteiger partial charge in [0.2, 0.25) is 0 Å². The molecule has 0 aliphatic heterocycles. The minimum Gasteiger partial charge on any atom is -0.463 e. The topological polar surface area (TPSA) is 66.8 Å². The van der Waals surface area contributed by atoms with Gasteiger partial charge in [-0.05, 0) is 36.0 Å². The first-order valence-electron chi connectivity index (χ1n) is 23.2. The van der Waals surface area contributed by atoms with Gasteiger partial charge in [0.05, 0.1) is 6.61 Å². The number of unbranched alkanes of at least 4 members (excludes halogenated alkanes) is 24. The van der Waals surface area contributed by atoms with E-state index >= 15 is 0 Å². The average molecular weight is 723 g/mol. The Morgan fingerprint density at radius 1 is 0.490 bits per heavy atom. The van der Waals surface area contributed by atoms with E-state index in [1.54, 1.807) is 0 Å². The molecule has 0 aromatic carbocycles. The highest BCUT2D eigenvalue weighted by atomic mass is 16.5. The van der Waals surface area contributed by atoms with Gasteiger partial charge >= 0.3 is 5.97 Å². The van der Waals surface area contributed by atoms with Crippen molar-refractivity contribution in [2.45, 2.75) is 260 Å². The molecule has 0 saturated carbocycles. The van der Waals surface area contributed by atoms with Gasteiger partial charge in [0.1, 0.15) is 12.7 Å². The van der Waals surface area contributed by atoms with Gasteiger partial charge in [0, 0.05) is 6.42 Å². The molecule has 0 aromatic heterocycles. The third kappa shape index (κ3) is 26.8. The molecule has 306 valence electrons. The van der Waals surface area contributed by atoms with Crippen LogP contribution in [0.2, 0.25) is 0 Å². The Labute approximate surface area is 320 Å². The molecule has 51 heavy (non-hydrogen) atoms. The molecule has 4 unspecified atom stereocenters. The third-order valence-electron chi connectivity index (χ3n) is 12.6. The van der Waals surface area contributed by atoms with Gasteiger partial charge in [0.25, 0.3) is 0 Å². The molecule has 4 heteroatoms. The van der Waals surface area contributed by atoms with Crippen LogP contribution in [-0.4, -0.2) is 35.5 Å². The van der Waals surface area contributed by atoms with Crippen molar-refractivity contribution in [3.8, 4) is 0 Å². The zero-order valence-corrected chi connectivity index (χ0v) is 35.8. The Morgan fingerprint density at radius 3 is 1.16 bits per heavy atom. The first kappa shape index (κ1) is 50.4. The number of hydrogen-bond donors (Lipinski definition) is 2. The molecule has 0 amide bonds. The van der Waals surface area contributed by atoms with Gasteiger partial charge in [0.15, 0.2) is 0 Å². The Kier molecular flexibility index (Phi) is 35.9. The lowest BCUT2D eigenvalue weighted by Crippen LogP contribution is -2.42. The van der Waals surface area contributed by atoms with Crippen molar-refractivity contribution in [1.82, 2.24) is 0 Å². The molecular formula is C47H94O4. The van der Waals surface area contributed by atoms with E-state index in [2.05, 4.69) is 41.5 Å². The molecule has 0 saturated heterocycles. The summed E-state index contributed by atoms with van der Waals surface area (Å²) >= 11 is 0. The summed E-state index contributed by atoms with van der Waals surface area (Å²) in [6, 6.07) is 0. The van der Waals surface area contributed by atoms with E-state index < -0.39 is 6.10 Å². The SMILES string of the molecule is CCCCCCCCC(C)C(CCCCCCCCCCCCC(=O)OCC(O)CO)(C(C)CCCCCCCC)C(C)CCCCCCCC. The van der Waals surface area contributed by atoms with Crippen molar-refractivity contribution in [2.24, 2.45) is 23.2 Å². The van der Waals surface area contributed by atoms with Crippen molar-refractivity contribution in [2.75, 3.05) is 13.2 Å². The van der Waals surface area contributed by atoms with Crippen LogP contribution in [0.1, 0.15) is 253 Å². The molecule has 0 fully saturated rings. The van der Waals surface area contributed by atoms with E-state index in [0.29, 0.717) is 11.8 Å². The summed E-state index contributed by atoms with van der Waals surface area (Å²) in [4.78, 5) is 11.8. The number of aliphatic hydroxyl groups excluding tert-OH is 2. The monoisotopic (exact) mass is 723 g/mol. The standard InChI is InChI=1S/C47H94O4/c1-7-10-13-16-25-30-35-42(4)47(43(5)36-31-26-17-14-11-8-2,44(6)37-32-27-18-15-12-9-3)39-34-29-24-22-20-19-21-23-28-33-38-46(50)51-41-45(49)40-48/h42-45,48-49H,7-41H2,1-6H3. The molecule has 2 N–H and O–H groups in total. The maximum atomic E-state index is 11.8. The molecule has 0 aromatic rings. The predicted octanol–water partition coefficient (Wildman–Crippen LogP) is 14.7. The van der Waals surface area contributed by atoms with E-state index in [1.807, 2.05) is 0 Å². The van der Waals surface area contributed by atoms with Crippen molar-refractivity contribution in [3.05, 3.63) is 0 Å². The van der Waals surface area contributed by atoms with E-state index in [-0.39, 0.29) is 19.2 Å². The molecule has 4 nitrogen and oxygen atoms in total. The molecule has 0 bridgehead atoms. The number of aliphatic hydroxyl groups is 2. The second kappa shape index (κ2) is 36.4. The van der Waals surface area contributed by atoms with Crippen molar-refractivity contribution in [3.63, 3.8) is 0 Å². The van der Waals surface area contributed by atoms with Crippen molar-refractivity contribution in [1.29, 1.82) is 0 Å². The summed E-state index contributed by atoms with van der Waals surface area (Å²) in [6.07, 6.45) is 43.1. The Hall–Kier alpha value is -0.610. The minimum absolute atomic E-state index is 0.106. The molecule has 0 radical (unpaired) electrons. The van der Waals surface area contributed by atoms with Gasteiger partial charge in [-0.25, -0.2) is 0 Å². The number of ether oxygens (including phenoxy) is 1. The highest BCUT2D eigenvalue weighted by Crippen LogP contribution is 2.52. The van der Waals surface area contributed by atoms with Gasteiger partial charge in [-0.1, -0.05) is 234 Å². The Bertz CT molecular complexity index is 668. The first-order chi connectivity index (χ1) is 24.8. The summed E-state index contributed by atoms with van der Waals surface area (Å²) in [5.41, 5.74) is 0.487. The van der Waals surface area contributed by atoms with Crippen LogP contribution >= 0.6 is 0 Å². The van der Waals surface area contributed by atoms with Gasteiger partial charge in [-0.15, -0.1) is 0 Å². The van der Waals surface area contributed by atoms with E-state index in [4.69, 9.17) is 9.84 Å². The largest absolute Gasteiger partial charge is 0.463 e. The number of carbonyl (C=O) groups is 1.